The van der Waals surface area contributed by atoms with E-state index >= 15 is 4.39 Å². The lowest BCUT2D eigenvalue weighted by Gasteiger charge is -2.34. The number of pyridine rings is 1. The molecule has 1 aromatic carbocycles. The lowest BCUT2D eigenvalue weighted by atomic mass is 9.93. The Morgan fingerprint density at radius 1 is 1.11 bits per heavy atom. The minimum atomic E-state index is -4.88. The summed E-state index contributed by atoms with van der Waals surface area (Å²) in [5.41, 5.74) is -1.38. The minimum absolute atomic E-state index is 0.0832. The van der Waals surface area contributed by atoms with Gasteiger partial charge >= 0.3 is 6.18 Å². The van der Waals surface area contributed by atoms with Gasteiger partial charge in [-0.15, -0.1) is 0 Å². The highest BCUT2D eigenvalue weighted by Gasteiger charge is 2.48. The second-order valence-electron chi connectivity index (χ2n) is 9.11. The number of nitrogens with zero attached hydrogens (tertiary/aromatic N) is 1. The molecule has 0 unspecified atom stereocenters. The average molecular weight is 551 g/mol. The van der Waals surface area contributed by atoms with Crippen molar-refractivity contribution in [2.75, 3.05) is 0 Å². The summed E-state index contributed by atoms with van der Waals surface area (Å²) in [4.78, 5) is 15.3. The first kappa shape index (κ1) is 28.0. The van der Waals surface area contributed by atoms with Gasteiger partial charge in [0.05, 0.1) is 20.6 Å². The van der Waals surface area contributed by atoms with Crippen molar-refractivity contribution in [2.45, 2.75) is 78.7 Å². The van der Waals surface area contributed by atoms with E-state index in [1.807, 2.05) is 0 Å². The van der Waals surface area contributed by atoms with Crippen molar-refractivity contribution in [1.82, 2.24) is 10.3 Å². The molecule has 1 N–H and O–H groups in total. The third-order valence-corrected chi connectivity index (χ3v) is 10.6. The topological polar surface area (TPSA) is 110 Å². The molecule has 1 heterocycles. The van der Waals surface area contributed by atoms with Crippen LogP contribution in [0, 0.1) is 6.92 Å². The maximum atomic E-state index is 15.6. The average Bonchev–Trinajstić information content (AvgIpc) is 2.79. The molecule has 2 aromatic rings. The molecular formula is C23H26F4N2O5S2. The summed E-state index contributed by atoms with van der Waals surface area (Å²) in [6.45, 7) is 4.20. The summed E-state index contributed by atoms with van der Waals surface area (Å²) in [6, 6.07) is 5.52. The zero-order valence-corrected chi connectivity index (χ0v) is 21.4. The van der Waals surface area contributed by atoms with Crippen LogP contribution in [-0.2, 0) is 25.9 Å². The van der Waals surface area contributed by atoms with Crippen LogP contribution < -0.4 is 5.32 Å². The van der Waals surface area contributed by atoms with Crippen molar-refractivity contribution in [1.29, 1.82) is 0 Å². The molecule has 0 aliphatic heterocycles. The van der Waals surface area contributed by atoms with Crippen LogP contribution in [0.25, 0.3) is 0 Å². The van der Waals surface area contributed by atoms with E-state index in [9.17, 15) is 34.8 Å². The summed E-state index contributed by atoms with van der Waals surface area (Å²) < 4.78 is 106. The predicted octanol–water partition coefficient (Wildman–Crippen LogP) is 4.40. The van der Waals surface area contributed by atoms with E-state index in [-0.39, 0.29) is 17.7 Å². The second-order valence-corrected chi connectivity index (χ2v) is 13.8. The fourth-order valence-corrected chi connectivity index (χ4v) is 6.96. The number of carbonyl (C=O) groups excluding carboxylic acids is 1. The van der Waals surface area contributed by atoms with Crippen LogP contribution in [0.5, 0.6) is 0 Å². The molecule has 0 spiro atoms. The van der Waals surface area contributed by atoms with E-state index in [0.29, 0.717) is 17.8 Å². The molecule has 1 aromatic heterocycles. The SMILES string of the molecule is Cc1cccc(S(=O)(=O)C2(F)CCC(NC(=O)c3ncc(C(F)(F)F)cc3S(=O)(=O)C(C)C)CC2)c1. The molecule has 1 amide bonds. The van der Waals surface area contributed by atoms with Crippen molar-refractivity contribution in [3.05, 3.63) is 53.3 Å². The van der Waals surface area contributed by atoms with Gasteiger partial charge in [-0.05, 0) is 70.2 Å². The van der Waals surface area contributed by atoms with Gasteiger partial charge in [0.25, 0.3) is 5.91 Å². The van der Waals surface area contributed by atoms with Gasteiger partial charge in [0.2, 0.25) is 14.8 Å². The molecule has 13 heteroatoms. The molecule has 3 rings (SSSR count). The van der Waals surface area contributed by atoms with Crippen LogP contribution in [0.15, 0.2) is 46.3 Å². The second kappa shape index (κ2) is 9.73. The molecule has 7 nitrogen and oxygen atoms in total. The normalized spacial score (nSPS) is 21.4. The Hall–Kier alpha value is -2.54. The van der Waals surface area contributed by atoms with Gasteiger partial charge in [-0.3, -0.25) is 4.79 Å². The minimum Gasteiger partial charge on any atom is -0.348 e. The van der Waals surface area contributed by atoms with Gasteiger partial charge in [0, 0.05) is 12.2 Å². The number of alkyl halides is 4. The van der Waals surface area contributed by atoms with Gasteiger partial charge < -0.3 is 5.32 Å². The largest absolute Gasteiger partial charge is 0.417 e. The van der Waals surface area contributed by atoms with Crippen molar-refractivity contribution in [3.8, 4) is 0 Å². The summed E-state index contributed by atoms with van der Waals surface area (Å²) >= 11 is 0. The van der Waals surface area contributed by atoms with Crippen molar-refractivity contribution in [3.63, 3.8) is 0 Å². The van der Waals surface area contributed by atoms with Gasteiger partial charge in [0.15, 0.2) is 9.84 Å². The molecule has 1 aliphatic carbocycles. The number of halogens is 4. The Bertz CT molecular complexity index is 1370. The predicted molar refractivity (Wildman–Crippen MR) is 123 cm³/mol. The lowest BCUT2D eigenvalue weighted by molar-refractivity contribution is -0.138. The molecule has 198 valence electrons. The maximum absolute atomic E-state index is 15.6. The number of amides is 1. The maximum Gasteiger partial charge on any atom is 0.417 e. The zero-order chi connectivity index (χ0) is 27.1. The Morgan fingerprint density at radius 2 is 1.72 bits per heavy atom. The number of nitrogens with one attached hydrogen (secondary N) is 1. The fourth-order valence-electron chi connectivity index (χ4n) is 3.95. The van der Waals surface area contributed by atoms with Crippen LogP contribution in [0.4, 0.5) is 17.6 Å². The highest BCUT2D eigenvalue weighted by Crippen LogP contribution is 2.40. The number of aromatic nitrogens is 1. The number of benzene rings is 1. The Kier molecular flexibility index (Phi) is 7.58. The van der Waals surface area contributed by atoms with E-state index in [1.54, 1.807) is 13.0 Å². The smallest absolute Gasteiger partial charge is 0.348 e. The summed E-state index contributed by atoms with van der Waals surface area (Å²) in [7, 11) is -8.63. The Balaban J connectivity index is 1.82. The van der Waals surface area contributed by atoms with Gasteiger partial charge in [0.1, 0.15) is 5.69 Å². The quantitative estimate of drug-likeness (QED) is 0.534. The first-order valence-corrected chi connectivity index (χ1v) is 14.1. The fraction of sp³-hybridized carbons (Fsp3) is 0.478. The third-order valence-electron chi connectivity index (χ3n) is 6.17. The molecule has 1 fully saturated rings. The molecule has 0 atom stereocenters. The van der Waals surface area contributed by atoms with E-state index < -0.39 is 77.0 Å². The standard InChI is InChI=1S/C23H26F4N2O5S2/c1-14(2)35(31,32)19-12-16(23(25,26)27)13-28-20(19)21(30)29-17-7-9-22(24,10-8-17)36(33,34)18-6-4-5-15(3)11-18/h4-6,11-14,17H,7-10H2,1-3H3,(H,29,30). The zero-order valence-electron chi connectivity index (χ0n) is 19.8. The summed E-state index contributed by atoms with van der Waals surface area (Å²) in [6.07, 6.45) is -5.52. The lowest BCUT2D eigenvalue weighted by Crippen LogP contribution is -2.45. The summed E-state index contributed by atoms with van der Waals surface area (Å²) in [5, 5.41) is -1.20. The molecule has 0 saturated heterocycles. The van der Waals surface area contributed by atoms with Crippen molar-refractivity contribution < 1.29 is 39.2 Å². The number of aryl methyl sites for hydroxylation is 1. The number of sulfone groups is 2. The van der Waals surface area contributed by atoms with Crippen LogP contribution in [0.3, 0.4) is 0 Å². The summed E-state index contributed by atoms with van der Waals surface area (Å²) in [5.74, 6) is -1.04. The van der Waals surface area contributed by atoms with Crippen LogP contribution in [-0.4, -0.2) is 44.0 Å². The molecule has 1 aliphatic rings. The van der Waals surface area contributed by atoms with E-state index in [2.05, 4.69) is 10.3 Å². The molecule has 0 bridgehead atoms. The van der Waals surface area contributed by atoms with E-state index in [4.69, 9.17) is 0 Å². The molecule has 1 saturated carbocycles. The number of rotatable bonds is 6. The monoisotopic (exact) mass is 550 g/mol. The Morgan fingerprint density at radius 3 is 2.25 bits per heavy atom. The number of hydrogen-bond donors (Lipinski definition) is 1. The van der Waals surface area contributed by atoms with Gasteiger partial charge in [-0.2, -0.15) is 13.2 Å². The third kappa shape index (κ3) is 5.41. The molecule has 36 heavy (non-hydrogen) atoms. The van der Waals surface area contributed by atoms with Gasteiger partial charge in [-0.25, -0.2) is 26.2 Å². The molecule has 0 radical (unpaired) electrons. The van der Waals surface area contributed by atoms with Crippen LogP contribution in [0.1, 0.15) is 61.1 Å². The highest BCUT2D eigenvalue weighted by molar-refractivity contribution is 7.92. The van der Waals surface area contributed by atoms with Crippen LogP contribution >= 0.6 is 0 Å². The molecular weight excluding hydrogens is 524 g/mol. The van der Waals surface area contributed by atoms with Crippen LogP contribution in [0.2, 0.25) is 0 Å². The Labute approximate surface area is 207 Å². The van der Waals surface area contributed by atoms with Crippen molar-refractivity contribution >= 4 is 25.6 Å². The van der Waals surface area contributed by atoms with Gasteiger partial charge in [-0.1, -0.05) is 12.1 Å². The van der Waals surface area contributed by atoms with E-state index in [1.165, 1.54) is 32.0 Å². The van der Waals surface area contributed by atoms with Crippen molar-refractivity contribution in [2.24, 2.45) is 0 Å². The first-order valence-electron chi connectivity index (χ1n) is 11.1. The number of carbonyl (C=O) groups is 1. The highest BCUT2D eigenvalue weighted by atomic mass is 32.2. The van der Waals surface area contributed by atoms with E-state index in [0.717, 1.165) is 0 Å². The number of hydrogen-bond acceptors (Lipinski definition) is 6. The first-order chi connectivity index (χ1) is 16.5.